The van der Waals surface area contributed by atoms with E-state index in [1.807, 2.05) is 23.5 Å². The first-order chi connectivity index (χ1) is 26.3. The molecular weight excluding hydrogens is 683 g/mol. The molecule has 0 radical (unpaired) electrons. The van der Waals surface area contributed by atoms with Crippen LogP contribution in [0.2, 0.25) is 0 Å². The van der Waals surface area contributed by atoms with Crippen LogP contribution in [0.5, 0.6) is 0 Å². The molecule has 0 aliphatic carbocycles. The van der Waals surface area contributed by atoms with Gasteiger partial charge >= 0.3 is 0 Å². The lowest BCUT2D eigenvalue weighted by molar-refractivity contribution is 0.992. The van der Waals surface area contributed by atoms with Gasteiger partial charge in [0.25, 0.3) is 0 Å². The Balaban J connectivity index is 1.16. The average Bonchev–Trinajstić information content (AvgIpc) is 3.74. The Bertz CT molecular complexity index is 2850. The molecule has 5 heterocycles. The van der Waals surface area contributed by atoms with E-state index in [9.17, 15) is 0 Å². The summed E-state index contributed by atoms with van der Waals surface area (Å²) in [7, 11) is 0. The Morgan fingerprint density at radius 2 is 0.774 bits per heavy atom. The lowest BCUT2D eigenvalue weighted by atomic mass is 9.36. The van der Waals surface area contributed by atoms with E-state index in [4.69, 9.17) is 9.97 Å². The maximum Gasteiger partial charge on any atom is 0.247 e. The Kier molecular flexibility index (Phi) is 6.27. The lowest BCUT2D eigenvalue weighted by Gasteiger charge is -2.33. The van der Waals surface area contributed by atoms with Gasteiger partial charge in [0.05, 0.1) is 22.1 Å². The molecule has 0 unspecified atom stereocenters. The van der Waals surface area contributed by atoms with Crippen LogP contribution in [-0.4, -0.2) is 25.8 Å². The number of hydrogen-bond acceptors (Lipinski definition) is 4. The Hall–Kier alpha value is -6.02. The molecule has 7 aromatic carbocycles. The number of benzene rings is 7. The van der Waals surface area contributed by atoms with E-state index in [1.54, 1.807) is 0 Å². The molecule has 0 spiro atoms. The topological polar surface area (TPSA) is 35.6 Å². The monoisotopic (exact) mass is 710 g/mol. The largest absolute Gasteiger partial charge is 0.294 e. The van der Waals surface area contributed by atoms with Crippen molar-refractivity contribution in [3.8, 4) is 23.0 Å². The summed E-state index contributed by atoms with van der Waals surface area (Å²) in [5.74, 6) is 2.38. The maximum absolute atomic E-state index is 5.49. The zero-order valence-electron chi connectivity index (χ0n) is 28.3. The van der Waals surface area contributed by atoms with Crippen LogP contribution in [0.4, 0.5) is 0 Å². The number of nitrogens with zero attached hydrogens (tertiary/aromatic N) is 4. The van der Waals surface area contributed by atoms with Crippen molar-refractivity contribution < 1.29 is 0 Å². The molecule has 53 heavy (non-hydrogen) atoms. The summed E-state index contributed by atoms with van der Waals surface area (Å²) < 4.78 is 4.61. The van der Waals surface area contributed by atoms with Gasteiger partial charge in [0, 0.05) is 52.8 Å². The summed E-state index contributed by atoms with van der Waals surface area (Å²) in [5.41, 5.74) is 9.64. The van der Waals surface area contributed by atoms with E-state index < -0.39 is 0 Å². The summed E-state index contributed by atoms with van der Waals surface area (Å²) in [5, 5.41) is 4.82. The molecule has 0 N–H and O–H groups in total. The first-order valence-electron chi connectivity index (χ1n) is 17.9. The van der Waals surface area contributed by atoms with E-state index in [-0.39, 0.29) is 6.71 Å². The molecule has 0 bridgehead atoms. The van der Waals surface area contributed by atoms with Crippen molar-refractivity contribution >= 4 is 90.2 Å². The van der Waals surface area contributed by atoms with Crippen molar-refractivity contribution in [3.63, 3.8) is 0 Å². The highest BCUT2D eigenvalue weighted by atomic mass is 32.2. The molecular formula is C46H27BN4S2. The highest BCUT2D eigenvalue weighted by Crippen LogP contribution is 2.41. The Morgan fingerprint density at radius 1 is 0.396 bits per heavy atom. The number of rotatable bonds is 3. The number of para-hydroxylation sites is 4. The molecule has 0 atom stereocenters. The van der Waals surface area contributed by atoms with Crippen molar-refractivity contribution in [2.75, 3.05) is 0 Å². The second-order valence-corrected chi connectivity index (χ2v) is 15.9. The number of fused-ring (bicyclic) bond motifs is 10. The van der Waals surface area contributed by atoms with Gasteiger partial charge in [-0.25, -0.2) is 9.97 Å². The highest BCUT2D eigenvalue weighted by molar-refractivity contribution is 8.01. The summed E-state index contributed by atoms with van der Waals surface area (Å²) in [6.45, 7) is 0.196. The fourth-order valence-electron chi connectivity index (χ4n) is 8.64. The normalized spacial score (nSPS) is 13.1. The molecule has 2 aliphatic heterocycles. The summed E-state index contributed by atoms with van der Waals surface area (Å²) in [4.78, 5) is 16.1. The first-order valence-corrected chi connectivity index (χ1v) is 19.5. The Labute approximate surface area is 314 Å². The van der Waals surface area contributed by atoms with Crippen LogP contribution < -0.4 is 16.4 Å². The van der Waals surface area contributed by atoms with Gasteiger partial charge in [-0.15, -0.1) is 0 Å². The van der Waals surface area contributed by atoms with Crippen LogP contribution >= 0.6 is 23.5 Å². The molecule has 0 amide bonds. The van der Waals surface area contributed by atoms with E-state index in [0.717, 1.165) is 39.3 Å². The van der Waals surface area contributed by atoms with Gasteiger partial charge < -0.3 is 0 Å². The minimum Gasteiger partial charge on any atom is -0.294 e. The van der Waals surface area contributed by atoms with Gasteiger partial charge in [0.1, 0.15) is 11.6 Å². The second-order valence-electron chi connectivity index (χ2n) is 13.7. The molecule has 3 aromatic heterocycles. The molecule has 2 aliphatic rings. The zero-order valence-corrected chi connectivity index (χ0v) is 29.9. The minimum absolute atomic E-state index is 0.196. The molecule has 7 heteroatoms. The SMILES string of the molecule is c1ccc2c(c1)Sc1cc(-c3nc(-n4c5ccccc5c5ccccc54)cc(-n4c5ccccc5c5ccccc54)n3)cc3c1B2c1ccccc1S3. The third-order valence-electron chi connectivity index (χ3n) is 10.9. The maximum atomic E-state index is 5.49. The molecule has 246 valence electrons. The van der Waals surface area contributed by atoms with Gasteiger partial charge in [0.15, 0.2) is 5.82 Å². The quantitative estimate of drug-likeness (QED) is 0.171. The van der Waals surface area contributed by atoms with Crippen LogP contribution in [0.15, 0.2) is 183 Å². The van der Waals surface area contributed by atoms with Gasteiger partial charge in [0.2, 0.25) is 6.71 Å². The van der Waals surface area contributed by atoms with Gasteiger partial charge in [-0.2, -0.15) is 0 Å². The lowest BCUT2D eigenvalue weighted by Crippen LogP contribution is -2.57. The standard InChI is InChI=1S/C46H27BN4S2/c1-7-19-35-29(13-1)30-14-2-8-20-36(30)50(35)43-27-44(51-37-21-9-3-15-31(37)32-16-4-10-22-38(32)51)49-46(48-43)28-25-41-45-42(26-28)53-40-24-12-6-18-34(40)47(45)33-17-5-11-23-39(33)52-41/h1-27H. The van der Waals surface area contributed by atoms with E-state index in [0.29, 0.717) is 5.82 Å². The van der Waals surface area contributed by atoms with Crippen molar-refractivity contribution in [1.82, 2.24) is 19.1 Å². The molecule has 4 nitrogen and oxygen atoms in total. The average molecular weight is 711 g/mol. The summed E-state index contributed by atoms with van der Waals surface area (Å²) >= 11 is 3.73. The van der Waals surface area contributed by atoms with Gasteiger partial charge in [-0.3, -0.25) is 9.13 Å². The van der Waals surface area contributed by atoms with Crippen LogP contribution in [0, 0.1) is 0 Å². The fourth-order valence-corrected chi connectivity index (χ4v) is 11.1. The van der Waals surface area contributed by atoms with Crippen molar-refractivity contribution in [3.05, 3.63) is 164 Å². The minimum atomic E-state index is 0.196. The van der Waals surface area contributed by atoms with Crippen LogP contribution in [0.3, 0.4) is 0 Å². The van der Waals surface area contributed by atoms with Crippen molar-refractivity contribution in [1.29, 1.82) is 0 Å². The van der Waals surface area contributed by atoms with Crippen molar-refractivity contribution in [2.24, 2.45) is 0 Å². The van der Waals surface area contributed by atoms with E-state index >= 15 is 0 Å². The summed E-state index contributed by atoms with van der Waals surface area (Å²) in [6.07, 6.45) is 0. The van der Waals surface area contributed by atoms with Crippen molar-refractivity contribution in [2.45, 2.75) is 19.6 Å². The van der Waals surface area contributed by atoms with Gasteiger partial charge in [-0.1, -0.05) is 144 Å². The van der Waals surface area contributed by atoms with Gasteiger partial charge in [-0.05, 0) is 54.0 Å². The molecule has 0 saturated heterocycles. The molecule has 12 rings (SSSR count). The molecule has 10 aromatic rings. The van der Waals surface area contributed by atoms with Crippen LogP contribution in [-0.2, 0) is 0 Å². The predicted molar refractivity (Wildman–Crippen MR) is 222 cm³/mol. The zero-order chi connectivity index (χ0) is 34.6. The second kappa shape index (κ2) is 11.2. The summed E-state index contributed by atoms with van der Waals surface area (Å²) in [6, 6.07) is 59.2. The molecule has 0 saturated carbocycles. The van der Waals surface area contributed by atoms with E-state index in [1.165, 1.54) is 57.5 Å². The highest BCUT2D eigenvalue weighted by Gasteiger charge is 2.38. The number of aromatic nitrogens is 4. The van der Waals surface area contributed by atoms with Crippen LogP contribution in [0.25, 0.3) is 66.6 Å². The third-order valence-corrected chi connectivity index (χ3v) is 13.2. The molecule has 0 fully saturated rings. The van der Waals surface area contributed by atoms with Crippen LogP contribution in [0.1, 0.15) is 0 Å². The Morgan fingerprint density at radius 3 is 1.21 bits per heavy atom. The first kappa shape index (κ1) is 29.6. The fraction of sp³-hybridized carbons (Fsp3) is 0. The van der Waals surface area contributed by atoms with E-state index in [2.05, 4.69) is 173 Å². The number of hydrogen-bond donors (Lipinski definition) is 0. The predicted octanol–water partition coefficient (Wildman–Crippen LogP) is 9.78. The smallest absolute Gasteiger partial charge is 0.247 e. The third kappa shape index (κ3) is 4.29.